The highest BCUT2D eigenvalue weighted by atomic mass is 19.1. The van der Waals surface area contributed by atoms with Crippen LogP contribution in [0, 0.1) is 15.9 Å². The number of benzene rings is 2. The second-order valence-corrected chi connectivity index (χ2v) is 4.38. The molecule has 2 rings (SSSR count). The number of phenolic OH excluding ortho intramolecular Hbond substituents is 1. The zero-order valence-corrected chi connectivity index (χ0v) is 10.7. The summed E-state index contributed by atoms with van der Waals surface area (Å²) in [6, 6.07) is 9.65. The first-order chi connectivity index (χ1) is 9.47. The van der Waals surface area contributed by atoms with E-state index in [4.69, 9.17) is 0 Å². The molecule has 2 aromatic carbocycles. The molecule has 0 radical (unpaired) electrons. The number of nitro groups is 1. The van der Waals surface area contributed by atoms with E-state index in [0.717, 1.165) is 17.7 Å². The van der Waals surface area contributed by atoms with Gasteiger partial charge >= 0.3 is 0 Å². The molecule has 0 aromatic heterocycles. The zero-order chi connectivity index (χ0) is 14.7. The van der Waals surface area contributed by atoms with Gasteiger partial charge in [0.2, 0.25) is 0 Å². The second-order valence-electron chi connectivity index (χ2n) is 4.38. The van der Waals surface area contributed by atoms with Crippen LogP contribution >= 0.6 is 0 Å². The Morgan fingerprint density at radius 1 is 1.30 bits per heavy atom. The van der Waals surface area contributed by atoms with E-state index in [9.17, 15) is 19.6 Å². The van der Waals surface area contributed by atoms with Crippen LogP contribution in [-0.2, 0) is 0 Å². The Hall–Kier alpha value is -2.63. The predicted molar refractivity (Wildman–Crippen MR) is 73.2 cm³/mol. The van der Waals surface area contributed by atoms with Gasteiger partial charge < -0.3 is 10.4 Å². The molecule has 1 atom stereocenters. The van der Waals surface area contributed by atoms with E-state index in [1.807, 2.05) is 0 Å². The number of nitrogens with zero attached hydrogens (tertiary/aromatic N) is 1. The molecule has 0 saturated heterocycles. The van der Waals surface area contributed by atoms with Crippen molar-refractivity contribution in [3.63, 3.8) is 0 Å². The van der Waals surface area contributed by atoms with E-state index >= 15 is 0 Å². The highest BCUT2D eigenvalue weighted by Gasteiger charge is 2.17. The average Bonchev–Trinajstić information content (AvgIpc) is 2.40. The summed E-state index contributed by atoms with van der Waals surface area (Å²) < 4.78 is 13.1. The molecule has 0 bridgehead atoms. The molecule has 0 heterocycles. The lowest BCUT2D eigenvalue weighted by Gasteiger charge is -2.16. The molecule has 6 heteroatoms. The molecule has 0 saturated carbocycles. The molecule has 104 valence electrons. The Kier molecular flexibility index (Phi) is 3.84. The summed E-state index contributed by atoms with van der Waals surface area (Å²) in [6.45, 7) is 1.79. The Bertz CT molecular complexity index is 646. The van der Waals surface area contributed by atoms with Gasteiger partial charge in [0.05, 0.1) is 11.0 Å². The summed E-state index contributed by atoms with van der Waals surface area (Å²) in [4.78, 5) is 10.3. The standard InChI is InChI=1S/C14H13FN2O3/c1-9(10-3-2-4-12(18)7-10)16-13-6-5-11(15)8-14(13)17(19)20/h2-9,16,18H,1H3. The average molecular weight is 276 g/mol. The van der Waals surface area contributed by atoms with Crippen molar-refractivity contribution >= 4 is 11.4 Å². The first-order valence-electron chi connectivity index (χ1n) is 5.97. The van der Waals surface area contributed by atoms with Crippen molar-refractivity contribution in [1.29, 1.82) is 0 Å². The summed E-state index contributed by atoms with van der Waals surface area (Å²) in [5.41, 5.74) is 0.674. The molecular weight excluding hydrogens is 263 g/mol. The van der Waals surface area contributed by atoms with Gasteiger partial charge in [-0.05, 0) is 36.8 Å². The van der Waals surface area contributed by atoms with Crippen molar-refractivity contribution < 1.29 is 14.4 Å². The number of rotatable bonds is 4. The number of anilines is 1. The van der Waals surface area contributed by atoms with Crippen LogP contribution in [-0.4, -0.2) is 10.0 Å². The highest BCUT2D eigenvalue weighted by molar-refractivity contribution is 5.62. The molecular formula is C14H13FN2O3. The van der Waals surface area contributed by atoms with E-state index < -0.39 is 10.7 Å². The summed E-state index contributed by atoms with van der Waals surface area (Å²) in [5.74, 6) is -0.544. The van der Waals surface area contributed by atoms with Crippen molar-refractivity contribution in [3.8, 4) is 5.75 Å². The number of nitro benzene ring substituents is 1. The van der Waals surface area contributed by atoms with Crippen molar-refractivity contribution in [2.75, 3.05) is 5.32 Å². The fraction of sp³-hybridized carbons (Fsp3) is 0.143. The third kappa shape index (κ3) is 3.03. The Labute approximate surface area is 114 Å². The molecule has 5 nitrogen and oxygen atoms in total. The smallest absolute Gasteiger partial charge is 0.295 e. The number of nitrogens with one attached hydrogen (secondary N) is 1. The molecule has 0 amide bonds. The van der Waals surface area contributed by atoms with Gasteiger partial charge in [0.15, 0.2) is 0 Å². The molecule has 1 unspecified atom stereocenters. The van der Waals surface area contributed by atoms with Crippen LogP contribution in [0.5, 0.6) is 5.75 Å². The summed E-state index contributed by atoms with van der Waals surface area (Å²) >= 11 is 0. The molecule has 0 aliphatic rings. The minimum absolute atomic E-state index is 0.116. The van der Waals surface area contributed by atoms with Crippen molar-refractivity contribution in [3.05, 3.63) is 64.0 Å². The van der Waals surface area contributed by atoms with Crippen LogP contribution in [0.1, 0.15) is 18.5 Å². The summed E-state index contributed by atoms with van der Waals surface area (Å²) in [7, 11) is 0. The second kappa shape index (κ2) is 5.56. The van der Waals surface area contributed by atoms with Gasteiger partial charge in [-0.25, -0.2) is 4.39 Å². The van der Waals surface area contributed by atoms with Gasteiger partial charge in [-0.2, -0.15) is 0 Å². The van der Waals surface area contributed by atoms with E-state index in [-0.39, 0.29) is 23.2 Å². The number of halogens is 1. The predicted octanol–water partition coefficient (Wildman–Crippen LogP) is 3.61. The SMILES string of the molecule is CC(Nc1ccc(F)cc1[N+](=O)[O-])c1cccc(O)c1. The first-order valence-corrected chi connectivity index (χ1v) is 5.97. The van der Waals surface area contributed by atoms with Crippen LogP contribution in [0.25, 0.3) is 0 Å². The molecule has 0 fully saturated rings. The maximum absolute atomic E-state index is 13.1. The quantitative estimate of drug-likeness (QED) is 0.660. The fourth-order valence-electron chi connectivity index (χ4n) is 1.89. The molecule has 0 spiro atoms. The lowest BCUT2D eigenvalue weighted by atomic mass is 10.1. The Morgan fingerprint density at radius 2 is 2.05 bits per heavy atom. The summed E-state index contributed by atoms with van der Waals surface area (Å²) in [5, 5.41) is 23.3. The van der Waals surface area contributed by atoms with E-state index in [1.54, 1.807) is 25.1 Å². The normalized spacial score (nSPS) is 11.9. The third-order valence-electron chi connectivity index (χ3n) is 2.90. The Morgan fingerprint density at radius 3 is 2.70 bits per heavy atom. The molecule has 20 heavy (non-hydrogen) atoms. The van der Waals surface area contributed by atoms with Gasteiger partial charge in [-0.3, -0.25) is 10.1 Å². The van der Waals surface area contributed by atoms with Crippen molar-refractivity contribution in [2.45, 2.75) is 13.0 Å². The zero-order valence-electron chi connectivity index (χ0n) is 10.7. The Balaban J connectivity index is 2.28. The van der Waals surface area contributed by atoms with Crippen molar-refractivity contribution in [1.82, 2.24) is 0 Å². The van der Waals surface area contributed by atoms with Gasteiger partial charge in [-0.15, -0.1) is 0 Å². The van der Waals surface area contributed by atoms with Crippen LogP contribution in [0.15, 0.2) is 42.5 Å². The van der Waals surface area contributed by atoms with E-state index in [1.165, 1.54) is 12.1 Å². The van der Waals surface area contributed by atoms with E-state index in [2.05, 4.69) is 5.32 Å². The van der Waals surface area contributed by atoms with Gasteiger partial charge in [0.1, 0.15) is 17.3 Å². The fourth-order valence-corrected chi connectivity index (χ4v) is 1.89. The minimum atomic E-state index is -0.660. The maximum atomic E-state index is 13.1. The highest BCUT2D eigenvalue weighted by Crippen LogP contribution is 2.29. The van der Waals surface area contributed by atoms with Crippen LogP contribution in [0.2, 0.25) is 0 Å². The lowest BCUT2D eigenvalue weighted by Crippen LogP contribution is -2.08. The summed E-state index contributed by atoms with van der Waals surface area (Å²) in [6.07, 6.45) is 0. The topological polar surface area (TPSA) is 75.4 Å². The van der Waals surface area contributed by atoms with Gasteiger partial charge in [-0.1, -0.05) is 12.1 Å². The van der Waals surface area contributed by atoms with Crippen LogP contribution in [0.3, 0.4) is 0 Å². The lowest BCUT2D eigenvalue weighted by molar-refractivity contribution is -0.384. The molecule has 2 N–H and O–H groups in total. The maximum Gasteiger partial charge on any atom is 0.295 e. The number of hydrogen-bond donors (Lipinski definition) is 2. The van der Waals surface area contributed by atoms with Crippen molar-refractivity contribution in [2.24, 2.45) is 0 Å². The number of aromatic hydroxyl groups is 1. The van der Waals surface area contributed by atoms with Crippen LogP contribution < -0.4 is 5.32 Å². The minimum Gasteiger partial charge on any atom is -0.508 e. The molecule has 0 aliphatic carbocycles. The largest absolute Gasteiger partial charge is 0.508 e. The number of phenols is 1. The molecule has 2 aromatic rings. The van der Waals surface area contributed by atoms with Crippen LogP contribution in [0.4, 0.5) is 15.8 Å². The molecule has 0 aliphatic heterocycles. The third-order valence-corrected chi connectivity index (χ3v) is 2.90. The number of hydrogen-bond acceptors (Lipinski definition) is 4. The van der Waals surface area contributed by atoms with Gasteiger partial charge in [0.25, 0.3) is 5.69 Å². The van der Waals surface area contributed by atoms with E-state index in [0.29, 0.717) is 0 Å². The monoisotopic (exact) mass is 276 g/mol. The first kappa shape index (κ1) is 13.8. The van der Waals surface area contributed by atoms with Gasteiger partial charge in [0, 0.05) is 6.04 Å².